The van der Waals surface area contributed by atoms with Gasteiger partial charge in [0, 0.05) is 38.3 Å². The highest BCUT2D eigenvalue weighted by molar-refractivity contribution is 5.93. The zero-order chi connectivity index (χ0) is 32.1. The highest BCUT2D eigenvalue weighted by atomic mass is 16.6. The molecular weight excluding hydrogens is 580 g/mol. The minimum atomic E-state index is -0.482. The minimum absolute atomic E-state index is 0.0193. The Hall–Kier alpha value is -4.86. The average molecular weight is 623 g/mol. The van der Waals surface area contributed by atoms with E-state index in [2.05, 4.69) is 15.6 Å². The number of piperidine rings is 1. The molecule has 2 amide bonds. The molecule has 0 aliphatic carbocycles. The first-order valence-corrected chi connectivity index (χ1v) is 15.8. The number of amides is 2. The van der Waals surface area contributed by atoms with Gasteiger partial charge in [-0.25, -0.2) is 14.8 Å². The number of carbonyl (C=O) groups excluding carboxylic acids is 2. The molecule has 0 bridgehead atoms. The standard InChI is InChI=1S/C37H42N4O5/c1-45-35-24-30(17-18-34(35)42)26-38-25-28-11-10-12-29(23-28)27-39-36(43)19-22-46-37(44)41(40-20-8-3-9-21-40)33-16-7-6-15-32(33)31-13-4-2-5-14-31/h2,4-7,10-18,23-24,38,42H,3,8-9,19-22,25-27H2,1H3,(H,39,43). The molecule has 0 spiro atoms. The summed E-state index contributed by atoms with van der Waals surface area (Å²) in [5.41, 5.74) is 5.79. The first-order chi connectivity index (χ1) is 22.5. The summed E-state index contributed by atoms with van der Waals surface area (Å²) in [7, 11) is 1.53. The Morgan fingerprint density at radius 2 is 1.50 bits per heavy atom. The smallest absolute Gasteiger partial charge is 0.429 e. The lowest BCUT2D eigenvalue weighted by molar-refractivity contribution is -0.121. The van der Waals surface area contributed by atoms with Crippen molar-refractivity contribution in [1.29, 1.82) is 0 Å². The number of methoxy groups -OCH3 is 1. The molecule has 240 valence electrons. The summed E-state index contributed by atoms with van der Waals surface area (Å²) in [5, 5.41) is 19.8. The number of phenols is 1. The molecule has 0 radical (unpaired) electrons. The van der Waals surface area contributed by atoms with Crippen LogP contribution in [0.3, 0.4) is 0 Å². The number of para-hydroxylation sites is 1. The number of hydrogen-bond acceptors (Lipinski definition) is 7. The minimum Gasteiger partial charge on any atom is -0.504 e. The van der Waals surface area contributed by atoms with E-state index in [-0.39, 0.29) is 24.7 Å². The maximum Gasteiger partial charge on any atom is 0.429 e. The topological polar surface area (TPSA) is 103 Å². The van der Waals surface area contributed by atoms with Crippen LogP contribution in [-0.2, 0) is 29.2 Å². The van der Waals surface area contributed by atoms with E-state index in [4.69, 9.17) is 9.47 Å². The predicted octanol–water partition coefficient (Wildman–Crippen LogP) is 6.41. The molecule has 0 saturated carbocycles. The summed E-state index contributed by atoms with van der Waals surface area (Å²) in [6.45, 7) is 3.14. The van der Waals surface area contributed by atoms with Crippen LogP contribution in [0.4, 0.5) is 10.5 Å². The number of phenolic OH excluding ortho intramolecular Hbond substituents is 1. The molecule has 1 fully saturated rings. The SMILES string of the molecule is COc1cc(CNCc2cccc(CNC(=O)CCOC(=O)N(c3ccccc3-c3ccccc3)N3CCCCC3)c2)ccc1O. The van der Waals surface area contributed by atoms with Gasteiger partial charge in [-0.15, -0.1) is 0 Å². The number of anilines is 1. The van der Waals surface area contributed by atoms with E-state index >= 15 is 0 Å². The zero-order valence-corrected chi connectivity index (χ0v) is 26.3. The number of nitrogens with zero attached hydrogens (tertiary/aromatic N) is 2. The van der Waals surface area contributed by atoms with E-state index in [1.54, 1.807) is 17.1 Å². The number of rotatable bonds is 13. The van der Waals surface area contributed by atoms with Crippen molar-refractivity contribution in [2.75, 3.05) is 31.8 Å². The van der Waals surface area contributed by atoms with Gasteiger partial charge < -0.3 is 25.2 Å². The number of benzene rings is 4. The molecule has 4 aromatic carbocycles. The number of carbonyl (C=O) groups is 2. The second kappa shape index (κ2) is 16.5. The molecule has 0 unspecified atom stereocenters. The van der Waals surface area contributed by atoms with Crippen LogP contribution in [0.1, 0.15) is 42.4 Å². The van der Waals surface area contributed by atoms with Crippen LogP contribution in [-0.4, -0.2) is 48.9 Å². The molecule has 1 saturated heterocycles. The van der Waals surface area contributed by atoms with Crippen molar-refractivity contribution in [3.8, 4) is 22.6 Å². The van der Waals surface area contributed by atoms with Gasteiger partial charge in [0.1, 0.15) is 6.61 Å². The molecule has 0 atom stereocenters. The Morgan fingerprint density at radius 1 is 0.804 bits per heavy atom. The molecule has 0 aromatic heterocycles. The fourth-order valence-electron chi connectivity index (χ4n) is 5.58. The second-order valence-electron chi connectivity index (χ2n) is 11.3. The number of nitrogens with one attached hydrogen (secondary N) is 2. The van der Waals surface area contributed by atoms with Crippen molar-refractivity contribution in [3.63, 3.8) is 0 Å². The van der Waals surface area contributed by atoms with Crippen LogP contribution >= 0.6 is 0 Å². The number of hydrogen-bond donors (Lipinski definition) is 3. The first-order valence-electron chi connectivity index (χ1n) is 15.8. The predicted molar refractivity (Wildman–Crippen MR) is 179 cm³/mol. The van der Waals surface area contributed by atoms with E-state index in [0.29, 0.717) is 25.4 Å². The van der Waals surface area contributed by atoms with E-state index in [9.17, 15) is 14.7 Å². The second-order valence-corrected chi connectivity index (χ2v) is 11.3. The molecule has 9 heteroatoms. The Kier molecular flexibility index (Phi) is 11.6. The summed E-state index contributed by atoms with van der Waals surface area (Å²) in [5.74, 6) is 0.370. The third-order valence-electron chi connectivity index (χ3n) is 7.94. The summed E-state index contributed by atoms with van der Waals surface area (Å²) in [6.07, 6.45) is 2.73. The first kappa shape index (κ1) is 32.5. The highest BCUT2D eigenvalue weighted by Gasteiger charge is 2.28. The van der Waals surface area contributed by atoms with Crippen LogP contribution in [0.25, 0.3) is 11.1 Å². The Balaban J connectivity index is 1.12. The average Bonchev–Trinajstić information content (AvgIpc) is 3.09. The van der Waals surface area contributed by atoms with Crippen LogP contribution in [0, 0.1) is 0 Å². The van der Waals surface area contributed by atoms with Crippen molar-refractivity contribution in [3.05, 3.63) is 114 Å². The molecule has 1 aliphatic heterocycles. The summed E-state index contributed by atoms with van der Waals surface area (Å²) in [6, 6.07) is 31.1. The normalized spacial score (nSPS) is 13.2. The fourth-order valence-corrected chi connectivity index (χ4v) is 5.58. The Morgan fingerprint density at radius 3 is 2.26 bits per heavy atom. The van der Waals surface area contributed by atoms with Gasteiger partial charge in [-0.05, 0) is 53.3 Å². The van der Waals surface area contributed by atoms with E-state index in [0.717, 1.165) is 65.9 Å². The van der Waals surface area contributed by atoms with Gasteiger partial charge in [-0.3, -0.25) is 4.79 Å². The third kappa shape index (κ3) is 8.87. The van der Waals surface area contributed by atoms with E-state index in [1.807, 2.05) is 84.9 Å². The number of ether oxygens (including phenoxy) is 2. The fraction of sp³-hybridized carbons (Fsp3) is 0.297. The molecule has 46 heavy (non-hydrogen) atoms. The Bertz CT molecular complexity index is 1590. The molecular formula is C37H42N4O5. The monoisotopic (exact) mass is 622 g/mol. The lowest BCUT2D eigenvalue weighted by Gasteiger charge is -2.37. The maximum absolute atomic E-state index is 13.6. The van der Waals surface area contributed by atoms with Gasteiger partial charge in [0.05, 0.1) is 19.2 Å². The zero-order valence-electron chi connectivity index (χ0n) is 26.3. The van der Waals surface area contributed by atoms with Crippen LogP contribution in [0.5, 0.6) is 11.5 Å². The van der Waals surface area contributed by atoms with Crippen molar-refractivity contribution >= 4 is 17.7 Å². The van der Waals surface area contributed by atoms with Crippen LogP contribution in [0.15, 0.2) is 97.1 Å². The van der Waals surface area contributed by atoms with Crippen molar-refractivity contribution in [2.45, 2.75) is 45.3 Å². The van der Waals surface area contributed by atoms with Gasteiger partial charge in [0.2, 0.25) is 5.91 Å². The van der Waals surface area contributed by atoms with Gasteiger partial charge in [-0.2, -0.15) is 0 Å². The Labute approximate surface area is 270 Å². The third-order valence-corrected chi connectivity index (χ3v) is 7.94. The van der Waals surface area contributed by atoms with Crippen molar-refractivity contribution in [1.82, 2.24) is 15.6 Å². The molecule has 9 nitrogen and oxygen atoms in total. The lowest BCUT2D eigenvalue weighted by atomic mass is 10.0. The largest absolute Gasteiger partial charge is 0.504 e. The van der Waals surface area contributed by atoms with Gasteiger partial charge in [0.25, 0.3) is 0 Å². The molecule has 1 heterocycles. The van der Waals surface area contributed by atoms with Crippen LogP contribution < -0.4 is 20.4 Å². The molecule has 4 aromatic rings. The van der Waals surface area contributed by atoms with E-state index in [1.165, 1.54) is 7.11 Å². The summed E-state index contributed by atoms with van der Waals surface area (Å²) >= 11 is 0. The highest BCUT2D eigenvalue weighted by Crippen LogP contribution is 2.33. The molecule has 1 aliphatic rings. The summed E-state index contributed by atoms with van der Waals surface area (Å²) in [4.78, 5) is 26.3. The maximum atomic E-state index is 13.6. The van der Waals surface area contributed by atoms with Gasteiger partial charge >= 0.3 is 6.09 Å². The van der Waals surface area contributed by atoms with Gasteiger partial charge in [-0.1, -0.05) is 85.3 Å². The van der Waals surface area contributed by atoms with Crippen LogP contribution in [0.2, 0.25) is 0 Å². The number of aromatic hydroxyl groups is 1. The van der Waals surface area contributed by atoms with E-state index < -0.39 is 6.09 Å². The number of hydrazine groups is 1. The molecule has 5 rings (SSSR count). The molecule has 3 N–H and O–H groups in total. The summed E-state index contributed by atoms with van der Waals surface area (Å²) < 4.78 is 10.9. The van der Waals surface area contributed by atoms with Crippen molar-refractivity contribution in [2.24, 2.45) is 0 Å². The van der Waals surface area contributed by atoms with Crippen molar-refractivity contribution < 1.29 is 24.2 Å². The lowest BCUT2D eigenvalue weighted by Crippen LogP contribution is -2.49. The van der Waals surface area contributed by atoms with Gasteiger partial charge in [0.15, 0.2) is 11.5 Å². The quantitative estimate of drug-likeness (QED) is 0.158.